The Hall–Kier alpha value is -1.72. The van der Waals surface area contributed by atoms with E-state index in [2.05, 4.69) is 10.3 Å². The molecule has 0 aliphatic carbocycles. The molecule has 2 aromatic rings. The molecule has 90 valence electrons. The third kappa shape index (κ3) is 2.89. The molecule has 5 heteroatoms. The predicted octanol–water partition coefficient (Wildman–Crippen LogP) is 0.973. The Kier molecular flexibility index (Phi) is 3.85. The van der Waals surface area contributed by atoms with Gasteiger partial charge in [0.1, 0.15) is 0 Å². The molecule has 0 bridgehead atoms. The molecule has 0 radical (unpaired) electrons. The van der Waals surface area contributed by atoms with Gasteiger partial charge in [-0.2, -0.15) is 0 Å². The maximum Gasteiger partial charge on any atom is 0.0781 e. The minimum Gasteiger partial charge on any atom is -0.383 e. The minimum atomic E-state index is -0.196. The standard InChI is InChI=1S/C12H16N4O/c1-17-9-11(13)12-7-14-15-16(12)8-10-5-3-2-4-6-10/h2-7,11H,8-9,13H2,1H3. The third-order valence-electron chi connectivity index (χ3n) is 2.55. The molecule has 1 unspecified atom stereocenters. The molecule has 0 saturated carbocycles. The van der Waals surface area contributed by atoms with Gasteiger partial charge in [-0.05, 0) is 5.56 Å². The molecule has 0 fully saturated rings. The van der Waals surface area contributed by atoms with Crippen LogP contribution in [-0.4, -0.2) is 28.7 Å². The zero-order chi connectivity index (χ0) is 12.1. The second-order valence-electron chi connectivity index (χ2n) is 3.86. The van der Waals surface area contributed by atoms with Gasteiger partial charge in [0.05, 0.1) is 31.1 Å². The molecule has 2 rings (SSSR count). The van der Waals surface area contributed by atoms with E-state index in [1.54, 1.807) is 18.0 Å². The van der Waals surface area contributed by atoms with Crippen molar-refractivity contribution < 1.29 is 4.74 Å². The van der Waals surface area contributed by atoms with Crippen molar-refractivity contribution in [2.24, 2.45) is 5.73 Å². The van der Waals surface area contributed by atoms with Crippen molar-refractivity contribution in [2.75, 3.05) is 13.7 Å². The average molecular weight is 232 g/mol. The van der Waals surface area contributed by atoms with Crippen molar-refractivity contribution >= 4 is 0 Å². The van der Waals surface area contributed by atoms with Crippen LogP contribution in [0.25, 0.3) is 0 Å². The molecular weight excluding hydrogens is 216 g/mol. The SMILES string of the molecule is COCC(N)c1cnnn1Cc1ccccc1. The van der Waals surface area contributed by atoms with Crippen LogP contribution in [-0.2, 0) is 11.3 Å². The molecule has 5 nitrogen and oxygen atoms in total. The lowest BCUT2D eigenvalue weighted by Crippen LogP contribution is -2.21. The Balaban J connectivity index is 2.14. The molecule has 0 saturated heterocycles. The summed E-state index contributed by atoms with van der Waals surface area (Å²) in [4.78, 5) is 0. The van der Waals surface area contributed by atoms with Crippen LogP contribution in [0.5, 0.6) is 0 Å². The molecule has 1 aromatic heterocycles. The summed E-state index contributed by atoms with van der Waals surface area (Å²) in [5.74, 6) is 0. The van der Waals surface area contributed by atoms with Crippen LogP contribution in [0.1, 0.15) is 17.3 Å². The summed E-state index contributed by atoms with van der Waals surface area (Å²) >= 11 is 0. The maximum atomic E-state index is 5.98. The number of rotatable bonds is 5. The van der Waals surface area contributed by atoms with E-state index in [0.29, 0.717) is 13.2 Å². The molecule has 1 aromatic carbocycles. The highest BCUT2D eigenvalue weighted by Gasteiger charge is 2.12. The zero-order valence-corrected chi connectivity index (χ0v) is 9.78. The fourth-order valence-electron chi connectivity index (χ4n) is 1.70. The Morgan fingerprint density at radius 2 is 2.12 bits per heavy atom. The highest BCUT2D eigenvalue weighted by atomic mass is 16.5. The normalized spacial score (nSPS) is 12.6. The van der Waals surface area contributed by atoms with E-state index in [0.717, 1.165) is 5.69 Å². The molecule has 0 amide bonds. The summed E-state index contributed by atoms with van der Waals surface area (Å²) in [5, 5.41) is 7.94. The molecule has 2 N–H and O–H groups in total. The first-order chi connectivity index (χ1) is 8.31. The van der Waals surface area contributed by atoms with Gasteiger partial charge in [0.25, 0.3) is 0 Å². The summed E-state index contributed by atoms with van der Waals surface area (Å²) < 4.78 is 6.84. The zero-order valence-electron chi connectivity index (χ0n) is 9.78. The number of methoxy groups -OCH3 is 1. The first kappa shape index (κ1) is 11.8. The minimum absolute atomic E-state index is 0.196. The van der Waals surface area contributed by atoms with E-state index in [9.17, 15) is 0 Å². The van der Waals surface area contributed by atoms with Crippen molar-refractivity contribution in [3.63, 3.8) is 0 Å². The summed E-state index contributed by atoms with van der Waals surface area (Å²) in [7, 11) is 1.63. The van der Waals surface area contributed by atoms with Crippen LogP contribution >= 0.6 is 0 Å². The highest BCUT2D eigenvalue weighted by molar-refractivity contribution is 5.16. The number of hydrogen-bond donors (Lipinski definition) is 1. The highest BCUT2D eigenvalue weighted by Crippen LogP contribution is 2.10. The van der Waals surface area contributed by atoms with E-state index in [-0.39, 0.29) is 6.04 Å². The Bertz CT molecular complexity index is 455. The first-order valence-electron chi connectivity index (χ1n) is 5.48. The van der Waals surface area contributed by atoms with Gasteiger partial charge in [0, 0.05) is 7.11 Å². The Labute approximate surface area is 100 Å². The van der Waals surface area contributed by atoms with Gasteiger partial charge in [0.15, 0.2) is 0 Å². The smallest absolute Gasteiger partial charge is 0.0781 e. The van der Waals surface area contributed by atoms with Gasteiger partial charge in [-0.25, -0.2) is 4.68 Å². The topological polar surface area (TPSA) is 66.0 Å². The second-order valence-corrected chi connectivity index (χ2v) is 3.86. The van der Waals surface area contributed by atoms with Gasteiger partial charge >= 0.3 is 0 Å². The Morgan fingerprint density at radius 3 is 2.82 bits per heavy atom. The van der Waals surface area contributed by atoms with E-state index >= 15 is 0 Å². The quantitative estimate of drug-likeness (QED) is 0.834. The number of hydrogen-bond acceptors (Lipinski definition) is 4. The van der Waals surface area contributed by atoms with Crippen molar-refractivity contribution in [1.82, 2.24) is 15.0 Å². The predicted molar refractivity (Wildman–Crippen MR) is 64.4 cm³/mol. The van der Waals surface area contributed by atoms with Gasteiger partial charge in [-0.3, -0.25) is 0 Å². The fraction of sp³-hybridized carbons (Fsp3) is 0.333. The molecule has 1 heterocycles. The van der Waals surface area contributed by atoms with Crippen LogP contribution in [0.15, 0.2) is 36.5 Å². The van der Waals surface area contributed by atoms with Crippen LogP contribution in [0, 0.1) is 0 Å². The van der Waals surface area contributed by atoms with Crippen molar-refractivity contribution in [2.45, 2.75) is 12.6 Å². The third-order valence-corrected chi connectivity index (χ3v) is 2.55. The lowest BCUT2D eigenvalue weighted by atomic mass is 10.2. The number of ether oxygens (including phenoxy) is 1. The van der Waals surface area contributed by atoms with Gasteiger partial charge in [0.2, 0.25) is 0 Å². The lowest BCUT2D eigenvalue weighted by molar-refractivity contribution is 0.178. The second kappa shape index (κ2) is 5.56. The summed E-state index contributed by atoms with van der Waals surface area (Å²) in [5.41, 5.74) is 8.03. The lowest BCUT2D eigenvalue weighted by Gasteiger charge is -2.12. The number of nitrogens with two attached hydrogens (primary N) is 1. The van der Waals surface area contributed by atoms with Crippen molar-refractivity contribution in [1.29, 1.82) is 0 Å². The molecule has 0 spiro atoms. The monoisotopic (exact) mass is 232 g/mol. The Morgan fingerprint density at radius 1 is 1.35 bits per heavy atom. The average Bonchev–Trinajstić information content (AvgIpc) is 2.79. The van der Waals surface area contributed by atoms with Crippen LogP contribution in [0.4, 0.5) is 0 Å². The van der Waals surface area contributed by atoms with Crippen molar-refractivity contribution in [3.05, 3.63) is 47.8 Å². The van der Waals surface area contributed by atoms with Crippen LogP contribution in [0.3, 0.4) is 0 Å². The van der Waals surface area contributed by atoms with E-state index in [4.69, 9.17) is 10.5 Å². The number of nitrogens with zero attached hydrogens (tertiary/aromatic N) is 3. The van der Waals surface area contributed by atoms with E-state index in [1.165, 1.54) is 5.56 Å². The largest absolute Gasteiger partial charge is 0.383 e. The van der Waals surface area contributed by atoms with Gasteiger partial charge in [-0.1, -0.05) is 35.5 Å². The van der Waals surface area contributed by atoms with Gasteiger partial charge < -0.3 is 10.5 Å². The number of benzene rings is 1. The maximum absolute atomic E-state index is 5.98. The van der Waals surface area contributed by atoms with E-state index < -0.39 is 0 Å². The molecule has 1 atom stereocenters. The molecule has 0 aliphatic heterocycles. The van der Waals surface area contributed by atoms with Crippen LogP contribution < -0.4 is 5.73 Å². The van der Waals surface area contributed by atoms with Gasteiger partial charge in [-0.15, -0.1) is 5.10 Å². The summed E-state index contributed by atoms with van der Waals surface area (Å²) in [6, 6.07) is 9.89. The molecular formula is C12H16N4O. The summed E-state index contributed by atoms with van der Waals surface area (Å²) in [6.45, 7) is 1.13. The van der Waals surface area contributed by atoms with E-state index in [1.807, 2.05) is 30.3 Å². The molecule has 17 heavy (non-hydrogen) atoms. The first-order valence-corrected chi connectivity index (χ1v) is 5.48. The number of aromatic nitrogens is 3. The fourth-order valence-corrected chi connectivity index (χ4v) is 1.70. The molecule has 0 aliphatic rings. The summed E-state index contributed by atoms with van der Waals surface area (Å²) in [6.07, 6.45) is 1.69. The van der Waals surface area contributed by atoms with Crippen molar-refractivity contribution in [3.8, 4) is 0 Å². The van der Waals surface area contributed by atoms with Crippen LogP contribution in [0.2, 0.25) is 0 Å².